The SMILES string of the molecule is CCO/C(=C/c1oc2ccc(-c3ccccc3)cc2[n+]1C)CC.Cc1ccc(S(=O)(=O)[O-])cc1. The van der Waals surface area contributed by atoms with Crippen molar-refractivity contribution in [2.75, 3.05) is 6.61 Å². The molecule has 0 unspecified atom stereocenters. The van der Waals surface area contributed by atoms with E-state index in [1.165, 1.54) is 23.3 Å². The number of hydrogen-bond acceptors (Lipinski definition) is 5. The zero-order chi connectivity index (χ0) is 24.7. The number of aromatic nitrogens is 1. The number of rotatable bonds is 6. The molecule has 4 aromatic rings. The maximum absolute atomic E-state index is 10.4. The Morgan fingerprint density at radius 3 is 2.26 bits per heavy atom. The van der Waals surface area contributed by atoms with Crippen molar-refractivity contribution in [3.63, 3.8) is 0 Å². The summed E-state index contributed by atoms with van der Waals surface area (Å²) in [5, 5.41) is 0. The molecule has 0 saturated carbocycles. The van der Waals surface area contributed by atoms with Crippen LogP contribution in [-0.2, 0) is 21.9 Å². The molecule has 0 saturated heterocycles. The van der Waals surface area contributed by atoms with Crippen LogP contribution in [0.4, 0.5) is 0 Å². The zero-order valence-electron chi connectivity index (χ0n) is 19.8. The lowest BCUT2D eigenvalue weighted by Gasteiger charge is -2.05. The fraction of sp³-hybridized carbons (Fsp3) is 0.222. The average molecular weight is 480 g/mol. The Balaban J connectivity index is 0.000000248. The van der Waals surface area contributed by atoms with Crippen LogP contribution in [-0.4, -0.2) is 19.6 Å². The highest BCUT2D eigenvalue weighted by Crippen LogP contribution is 2.24. The van der Waals surface area contributed by atoms with E-state index in [0.29, 0.717) is 6.61 Å². The molecule has 0 bridgehead atoms. The van der Waals surface area contributed by atoms with E-state index < -0.39 is 10.1 Å². The summed E-state index contributed by atoms with van der Waals surface area (Å²) in [6, 6.07) is 22.4. The summed E-state index contributed by atoms with van der Waals surface area (Å²) in [6.45, 7) is 6.56. The van der Waals surface area contributed by atoms with E-state index in [9.17, 15) is 13.0 Å². The molecule has 0 aliphatic heterocycles. The van der Waals surface area contributed by atoms with Gasteiger partial charge < -0.3 is 13.7 Å². The molecule has 4 rings (SSSR count). The maximum atomic E-state index is 10.4. The van der Waals surface area contributed by atoms with Gasteiger partial charge >= 0.3 is 5.89 Å². The topological polar surface area (TPSA) is 83.5 Å². The van der Waals surface area contributed by atoms with Gasteiger partial charge in [0.25, 0.3) is 5.52 Å². The molecule has 0 spiro atoms. The highest BCUT2D eigenvalue weighted by molar-refractivity contribution is 7.85. The fourth-order valence-electron chi connectivity index (χ4n) is 3.38. The fourth-order valence-corrected chi connectivity index (χ4v) is 3.85. The van der Waals surface area contributed by atoms with Crippen LogP contribution in [0.25, 0.3) is 28.3 Å². The number of hydrogen-bond donors (Lipinski definition) is 0. The molecule has 0 fully saturated rings. The van der Waals surface area contributed by atoms with Crippen molar-refractivity contribution in [2.24, 2.45) is 7.05 Å². The third kappa shape index (κ3) is 6.34. The predicted octanol–water partition coefficient (Wildman–Crippen LogP) is 5.61. The van der Waals surface area contributed by atoms with Gasteiger partial charge in [0.1, 0.15) is 22.9 Å². The minimum absolute atomic E-state index is 0.178. The lowest BCUT2D eigenvalue weighted by molar-refractivity contribution is -0.652. The number of ether oxygens (including phenoxy) is 1. The van der Waals surface area contributed by atoms with E-state index in [2.05, 4.69) is 47.9 Å². The second-order valence-corrected chi connectivity index (χ2v) is 9.09. The van der Waals surface area contributed by atoms with Gasteiger partial charge in [-0.1, -0.05) is 61.0 Å². The van der Waals surface area contributed by atoms with Gasteiger partial charge in [-0.3, -0.25) is 0 Å². The molecule has 0 amide bonds. The molecule has 1 aromatic heterocycles. The lowest BCUT2D eigenvalue weighted by atomic mass is 10.1. The van der Waals surface area contributed by atoms with Crippen LogP contribution >= 0.6 is 0 Å². The summed E-state index contributed by atoms with van der Waals surface area (Å²) >= 11 is 0. The number of aryl methyl sites for hydroxylation is 2. The van der Waals surface area contributed by atoms with Crippen LogP contribution < -0.4 is 4.57 Å². The van der Waals surface area contributed by atoms with Crippen molar-refractivity contribution in [1.29, 1.82) is 0 Å². The molecule has 178 valence electrons. The van der Waals surface area contributed by atoms with Gasteiger partial charge in [0, 0.05) is 12.5 Å². The van der Waals surface area contributed by atoms with Gasteiger partial charge in [0.2, 0.25) is 5.58 Å². The van der Waals surface area contributed by atoms with Gasteiger partial charge in [0.15, 0.2) is 0 Å². The van der Waals surface area contributed by atoms with Crippen molar-refractivity contribution in [3.8, 4) is 11.1 Å². The maximum Gasteiger partial charge on any atom is 0.377 e. The molecule has 1 heterocycles. The Morgan fingerprint density at radius 1 is 1.00 bits per heavy atom. The van der Waals surface area contributed by atoms with Crippen molar-refractivity contribution in [1.82, 2.24) is 0 Å². The Bertz CT molecular complexity index is 1370. The molecule has 0 aliphatic carbocycles. The quantitative estimate of drug-likeness (QED) is 0.204. The molecule has 3 aromatic carbocycles. The van der Waals surface area contributed by atoms with E-state index in [1.54, 1.807) is 12.1 Å². The van der Waals surface area contributed by atoms with Gasteiger partial charge in [-0.2, -0.15) is 4.57 Å². The lowest BCUT2D eigenvalue weighted by Crippen LogP contribution is -2.29. The summed E-state index contributed by atoms with van der Waals surface area (Å²) in [5.74, 6) is 1.74. The van der Waals surface area contributed by atoms with Gasteiger partial charge in [0.05, 0.1) is 17.6 Å². The first kappa shape index (κ1) is 25.2. The minimum atomic E-state index is -4.27. The third-order valence-corrected chi connectivity index (χ3v) is 6.09. The normalized spacial score (nSPS) is 11.7. The molecular formula is C27H29NO5S. The summed E-state index contributed by atoms with van der Waals surface area (Å²) < 4.78 is 44.8. The second kappa shape index (κ2) is 11.1. The Labute approximate surface area is 200 Å². The number of allylic oxidation sites excluding steroid dienone is 1. The Hall–Kier alpha value is -3.42. The van der Waals surface area contributed by atoms with Gasteiger partial charge in [-0.15, -0.1) is 0 Å². The second-order valence-electron chi connectivity index (χ2n) is 7.71. The van der Waals surface area contributed by atoms with Crippen LogP contribution in [0, 0.1) is 6.92 Å². The zero-order valence-corrected chi connectivity index (χ0v) is 20.6. The van der Waals surface area contributed by atoms with E-state index in [4.69, 9.17) is 9.15 Å². The number of nitrogens with zero attached hydrogens (tertiary/aromatic N) is 1. The summed E-state index contributed by atoms with van der Waals surface area (Å²) in [6.07, 6.45) is 2.83. The van der Waals surface area contributed by atoms with Gasteiger partial charge in [-0.05, 0) is 43.2 Å². The number of benzene rings is 3. The van der Waals surface area contributed by atoms with Crippen LogP contribution in [0.5, 0.6) is 0 Å². The molecule has 7 heteroatoms. The third-order valence-electron chi connectivity index (χ3n) is 5.24. The van der Waals surface area contributed by atoms with Crippen LogP contribution in [0.15, 0.2) is 87.9 Å². The van der Waals surface area contributed by atoms with E-state index in [0.717, 1.165) is 34.7 Å². The Kier molecular flexibility index (Phi) is 8.26. The van der Waals surface area contributed by atoms with Crippen LogP contribution in [0.3, 0.4) is 0 Å². The molecule has 0 atom stereocenters. The molecule has 0 radical (unpaired) electrons. The largest absolute Gasteiger partial charge is 0.744 e. The summed E-state index contributed by atoms with van der Waals surface area (Å²) in [5.41, 5.74) is 5.27. The summed E-state index contributed by atoms with van der Waals surface area (Å²) in [4.78, 5) is -0.178. The van der Waals surface area contributed by atoms with E-state index in [1.807, 2.05) is 39.1 Å². The standard InChI is InChI=1S/C20H22NO2.C7H8O3S/c1-4-17(22-5-2)14-20-21(3)18-13-16(11-12-19(18)23-20)15-9-7-6-8-10-15;1-6-2-4-7(5-3-6)11(8,9)10/h6-14H,4-5H2,1-3H3;2-5H,1H3,(H,8,9,10)/q+1;/p-1/b17-14+;. The Morgan fingerprint density at radius 2 is 1.68 bits per heavy atom. The molecular weight excluding hydrogens is 450 g/mol. The molecule has 0 aliphatic rings. The minimum Gasteiger partial charge on any atom is -0.744 e. The first-order valence-electron chi connectivity index (χ1n) is 11.1. The highest BCUT2D eigenvalue weighted by atomic mass is 32.2. The van der Waals surface area contributed by atoms with Crippen molar-refractivity contribution in [3.05, 3.63) is 90.0 Å². The number of fused-ring (bicyclic) bond motifs is 1. The monoisotopic (exact) mass is 479 g/mol. The van der Waals surface area contributed by atoms with Crippen molar-refractivity contribution < 1.29 is 26.7 Å². The molecule has 6 nitrogen and oxygen atoms in total. The molecule has 34 heavy (non-hydrogen) atoms. The van der Waals surface area contributed by atoms with Crippen molar-refractivity contribution >= 4 is 27.3 Å². The predicted molar refractivity (Wildman–Crippen MR) is 132 cm³/mol. The van der Waals surface area contributed by atoms with E-state index in [-0.39, 0.29) is 4.90 Å². The van der Waals surface area contributed by atoms with Crippen LogP contribution in [0.1, 0.15) is 31.7 Å². The number of oxazole rings is 1. The van der Waals surface area contributed by atoms with Gasteiger partial charge in [-0.25, -0.2) is 8.42 Å². The highest BCUT2D eigenvalue weighted by Gasteiger charge is 2.18. The molecule has 0 N–H and O–H groups in total. The average Bonchev–Trinajstić information content (AvgIpc) is 3.14. The first-order valence-corrected chi connectivity index (χ1v) is 12.5. The smallest absolute Gasteiger partial charge is 0.377 e. The van der Waals surface area contributed by atoms with E-state index >= 15 is 0 Å². The van der Waals surface area contributed by atoms with Crippen LogP contribution in [0.2, 0.25) is 0 Å². The van der Waals surface area contributed by atoms with Crippen molar-refractivity contribution in [2.45, 2.75) is 32.1 Å². The first-order chi connectivity index (χ1) is 16.2. The summed E-state index contributed by atoms with van der Waals surface area (Å²) in [7, 11) is -2.25.